The van der Waals surface area contributed by atoms with Gasteiger partial charge in [-0.05, 0) is 48.9 Å². The maximum atomic E-state index is 12.8. The maximum absolute atomic E-state index is 12.8. The second kappa shape index (κ2) is 9.81. The number of nitrogens with zero attached hydrogens (tertiary/aromatic N) is 7. The van der Waals surface area contributed by atoms with Crippen molar-refractivity contribution in [1.29, 1.82) is 0 Å². The monoisotopic (exact) mass is 571 g/mol. The van der Waals surface area contributed by atoms with Crippen LogP contribution in [0.1, 0.15) is 48.0 Å². The van der Waals surface area contributed by atoms with Crippen LogP contribution in [-0.2, 0) is 16.1 Å². The molecule has 3 fully saturated rings. The van der Waals surface area contributed by atoms with E-state index in [0.717, 1.165) is 34.7 Å². The number of imide groups is 1. The Kier molecular flexibility index (Phi) is 6.07. The first kappa shape index (κ1) is 25.4. The summed E-state index contributed by atoms with van der Waals surface area (Å²) in [6, 6.07) is 6.80. The first-order chi connectivity index (χ1) is 19.8. The van der Waals surface area contributed by atoms with E-state index in [1.807, 2.05) is 22.9 Å². The fourth-order valence-electron chi connectivity index (χ4n) is 5.22. The summed E-state index contributed by atoms with van der Waals surface area (Å²) < 4.78 is 1.92. The average Bonchev–Trinajstić information content (AvgIpc) is 3.89. The van der Waals surface area contributed by atoms with E-state index < -0.39 is 0 Å². The summed E-state index contributed by atoms with van der Waals surface area (Å²) in [6.07, 6.45) is 9.90. The summed E-state index contributed by atoms with van der Waals surface area (Å²) in [5.74, 6) is 0.864. The number of rotatable bonds is 8. The number of aromatic nitrogens is 5. The van der Waals surface area contributed by atoms with Crippen molar-refractivity contribution in [1.82, 2.24) is 29.2 Å². The molecule has 1 saturated heterocycles. The third kappa shape index (κ3) is 4.95. The van der Waals surface area contributed by atoms with Crippen LogP contribution in [-0.4, -0.2) is 60.7 Å². The Bertz CT molecular complexity index is 1720. The molecule has 0 aromatic carbocycles. The van der Waals surface area contributed by atoms with Crippen LogP contribution in [0, 0.1) is 5.92 Å². The molecule has 2 saturated carbocycles. The van der Waals surface area contributed by atoms with Crippen molar-refractivity contribution in [3.63, 3.8) is 0 Å². The number of carbonyl (C=O) groups excluding carboxylic acids is 3. The van der Waals surface area contributed by atoms with Crippen molar-refractivity contribution in [3.8, 4) is 0 Å². The Balaban J connectivity index is 1.05. The molecule has 0 bridgehead atoms. The number of imidazole rings is 1. The van der Waals surface area contributed by atoms with Gasteiger partial charge in [-0.2, -0.15) is 0 Å². The first-order valence-corrected chi connectivity index (χ1v) is 13.8. The van der Waals surface area contributed by atoms with Crippen LogP contribution in [0.4, 0.5) is 22.1 Å². The number of hydrogen-bond acceptors (Lipinski definition) is 8. The molecule has 7 rings (SSSR count). The third-order valence-electron chi connectivity index (χ3n) is 7.75. The van der Waals surface area contributed by atoms with E-state index in [4.69, 9.17) is 16.6 Å². The van der Waals surface area contributed by atoms with Crippen molar-refractivity contribution in [2.45, 2.75) is 37.6 Å². The molecule has 12 nitrogen and oxygen atoms in total. The number of urea groups is 1. The number of fused-ring (bicyclic) bond motifs is 1. The van der Waals surface area contributed by atoms with E-state index in [1.54, 1.807) is 24.4 Å². The SMILES string of the molecule is CN1C(=O)CN(c2cc(C3CC3)cn3cc(CNc4cc(NC(=O)[C@H]5C[C@@H]5c5cc(Cl)ccn5)ncn4)nc23)C1=O. The van der Waals surface area contributed by atoms with E-state index in [9.17, 15) is 14.4 Å². The highest BCUT2D eigenvalue weighted by Gasteiger charge is 2.45. The second-order valence-electron chi connectivity index (χ2n) is 10.7. The van der Waals surface area contributed by atoms with Crippen LogP contribution >= 0.6 is 11.6 Å². The molecular weight excluding hydrogens is 546 g/mol. The molecule has 2 atom stereocenters. The minimum absolute atomic E-state index is 0.00774. The average molecular weight is 572 g/mol. The van der Waals surface area contributed by atoms with Gasteiger partial charge in [0, 0.05) is 54.3 Å². The van der Waals surface area contributed by atoms with Crippen LogP contribution in [0.5, 0.6) is 0 Å². The van der Waals surface area contributed by atoms with Gasteiger partial charge in [0.05, 0.1) is 17.9 Å². The lowest BCUT2D eigenvalue weighted by Gasteiger charge is -2.17. The highest BCUT2D eigenvalue weighted by atomic mass is 35.5. The van der Waals surface area contributed by atoms with Gasteiger partial charge in [0.15, 0.2) is 5.65 Å². The van der Waals surface area contributed by atoms with Gasteiger partial charge in [-0.3, -0.25) is 24.4 Å². The number of hydrogen-bond donors (Lipinski definition) is 2. The number of anilines is 3. The minimum atomic E-state index is -0.357. The van der Waals surface area contributed by atoms with Crippen molar-refractivity contribution in [2.75, 3.05) is 29.1 Å². The highest BCUT2D eigenvalue weighted by molar-refractivity contribution is 6.30. The smallest absolute Gasteiger partial charge is 0.331 e. The molecule has 5 heterocycles. The molecular formula is C28H26ClN9O3. The van der Waals surface area contributed by atoms with Gasteiger partial charge in [0.2, 0.25) is 11.8 Å². The molecule has 2 N–H and O–H groups in total. The van der Waals surface area contributed by atoms with Crippen LogP contribution in [0.3, 0.4) is 0 Å². The van der Waals surface area contributed by atoms with E-state index in [0.29, 0.717) is 46.9 Å². The Morgan fingerprint density at radius 3 is 2.68 bits per heavy atom. The van der Waals surface area contributed by atoms with Gasteiger partial charge in [-0.25, -0.2) is 19.7 Å². The summed E-state index contributed by atoms with van der Waals surface area (Å²) in [4.78, 5) is 58.0. The molecule has 1 aliphatic heterocycles. The molecule has 3 aliphatic rings. The number of likely N-dealkylation sites (N-methyl/N-ethyl adjacent to an activating group) is 1. The topological polar surface area (TPSA) is 138 Å². The largest absolute Gasteiger partial charge is 0.364 e. The lowest BCUT2D eigenvalue weighted by Crippen LogP contribution is -2.30. The number of halogens is 1. The fourth-order valence-corrected chi connectivity index (χ4v) is 5.39. The van der Waals surface area contributed by atoms with Gasteiger partial charge in [0.25, 0.3) is 0 Å². The second-order valence-corrected chi connectivity index (χ2v) is 11.1. The maximum Gasteiger partial charge on any atom is 0.331 e. The Hall–Kier alpha value is -4.58. The summed E-state index contributed by atoms with van der Waals surface area (Å²) >= 11 is 6.06. The van der Waals surface area contributed by atoms with Gasteiger partial charge in [-0.1, -0.05) is 11.6 Å². The zero-order valence-electron chi connectivity index (χ0n) is 22.1. The minimum Gasteiger partial charge on any atom is -0.364 e. The molecule has 13 heteroatoms. The van der Waals surface area contributed by atoms with Gasteiger partial charge in [0.1, 0.15) is 24.5 Å². The van der Waals surface area contributed by atoms with Crippen molar-refractivity contribution >= 4 is 52.4 Å². The molecule has 0 spiro atoms. The lowest BCUT2D eigenvalue weighted by atomic mass is 10.1. The third-order valence-corrected chi connectivity index (χ3v) is 7.98. The summed E-state index contributed by atoms with van der Waals surface area (Å²) in [6.45, 7) is 0.342. The quantitative estimate of drug-likeness (QED) is 0.305. The van der Waals surface area contributed by atoms with Crippen LogP contribution in [0.2, 0.25) is 5.02 Å². The number of amides is 4. The van der Waals surface area contributed by atoms with Crippen LogP contribution in [0.15, 0.2) is 49.2 Å². The zero-order chi connectivity index (χ0) is 28.2. The van der Waals surface area contributed by atoms with Crippen LogP contribution < -0.4 is 15.5 Å². The van der Waals surface area contributed by atoms with Crippen molar-refractivity contribution in [3.05, 3.63) is 71.2 Å². The first-order valence-electron chi connectivity index (χ1n) is 13.4. The zero-order valence-corrected chi connectivity index (χ0v) is 22.9. The standard InChI is InChI=1S/C28H26ClN9O3/c1-36-25(39)13-38(28(36)41)22-6-16(15-2-3-15)11-37-12-18(34-26(22)37)10-31-23-9-24(33-14-32-23)35-27(40)20-8-19(20)21-7-17(29)4-5-30-21/h4-7,9,11-12,14-15,19-20H,2-3,8,10,13H2,1H3,(H2,31,32,33,35,40)/t19-,20-/m0/s1. The molecule has 4 aromatic heterocycles. The predicted octanol–water partition coefficient (Wildman–Crippen LogP) is 3.80. The molecule has 0 radical (unpaired) electrons. The Morgan fingerprint density at radius 2 is 1.93 bits per heavy atom. The molecule has 4 amide bonds. The Morgan fingerprint density at radius 1 is 1.10 bits per heavy atom. The lowest BCUT2D eigenvalue weighted by molar-refractivity contribution is -0.124. The van der Waals surface area contributed by atoms with Crippen molar-refractivity contribution < 1.29 is 14.4 Å². The van der Waals surface area contributed by atoms with Gasteiger partial charge in [-0.15, -0.1) is 0 Å². The number of nitrogens with one attached hydrogen (secondary N) is 2. The van der Waals surface area contributed by atoms with Gasteiger partial charge >= 0.3 is 6.03 Å². The van der Waals surface area contributed by atoms with E-state index >= 15 is 0 Å². The highest BCUT2D eigenvalue weighted by Crippen LogP contribution is 2.47. The molecule has 41 heavy (non-hydrogen) atoms. The van der Waals surface area contributed by atoms with E-state index in [1.165, 1.54) is 18.3 Å². The van der Waals surface area contributed by atoms with Gasteiger partial charge < -0.3 is 15.0 Å². The summed E-state index contributed by atoms with van der Waals surface area (Å²) in [7, 11) is 1.49. The van der Waals surface area contributed by atoms with Crippen LogP contribution in [0.25, 0.3) is 5.65 Å². The molecule has 2 aliphatic carbocycles. The number of carbonyl (C=O) groups is 3. The molecule has 0 unspecified atom stereocenters. The normalized spacial score (nSPS) is 20.1. The Labute approximate surface area is 239 Å². The van der Waals surface area contributed by atoms with E-state index in [2.05, 4.69) is 25.6 Å². The summed E-state index contributed by atoms with van der Waals surface area (Å²) in [5, 5.41) is 6.71. The summed E-state index contributed by atoms with van der Waals surface area (Å²) in [5.41, 5.74) is 3.90. The molecule has 4 aromatic rings. The van der Waals surface area contributed by atoms with Crippen molar-refractivity contribution in [2.24, 2.45) is 5.92 Å². The fraction of sp³-hybridized carbons (Fsp3) is 0.321. The number of pyridine rings is 2. The van der Waals surface area contributed by atoms with E-state index in [-0.39, 0.29) is 36.2 Å². The molecule has 208 valence electrons. The predicted molar refractivity (Wildman–Crippen MR) is 151 cm³/mol.